The predicted octanol–water partition coefficient (Wildman–Crippen LogP) is -0.228. The first-order valence-electron chi connectivity index (χ1n) is 9.78. The Labute approximate surface area is 180 Å². The van der Waals surface area contributed by atoms with Gasteiger partial charge in [0.15, 0.2) is 5.82 Å². The van der Waals surface area contributed by atoms with E-state index in [0.29, 0.717) is 57.9 Å². The number of ether oxygens (including phenoxy) is 3. The van der Waals surface area contributed by atoms with Crippen molar-refractivity contribution in [2.24, 2.45) is 5.90 Å². The van der Waals surface area contributed by atoms with Crippen LogP contribution < -0.4 is 11.4 Å². The van der Waals surface area contributed by atoms with E-state index >= 15 is 0 Å². The summed E-state index contributed by atoms with van der Waals surface area (Å²) in [6.45, 7) is 4.87. The minimum absolute atomic E-state index is 0.180. The molecule has 1 aromatic carbocycles. The molecule has 170 valence electrons. The van der Waals surface area contributed by atoms with E-state index in [0.717, 1.165) is 11.1 Å². The van der Waals surface area contributed by atoms with Gasteiger partial charge in [-0.1, -0.05) is 24.3 Å². The lowest BCUT2D eigenvalue weighted by Crippen LogP contribution is -2.27. The standard InChI is InChI=1S/C19H28N6O6/c1-15-21-23-19(24-22-15)17-4-2-16(3-5-17)14-18(26)25-31-13-11-29-9-7-27-6-8-28-10-12-30-20/h2-5H,6-14,20H2,1H3,(H,25,26). The quantitative estimate of drug-likeness (QED) is 0.265. The number of hydrogen-bond acceptors (Lipinski definition) is 11. The SMILES string of the molecule is Cc1nnc(-c2ccc(CC(=O)NOCCOCCOCCOCCON)cc2)nn1. The molecule has 2 aromatic rings. The monoisotopic (exact) mass is 436 g/mol. The zero-order valence-corrected chi connectivity index (χ0v) is 17.5. The maximum Gasteiger partial charge on any atom is 0.247 e. The molecule has 12 nitrogen and oxygen atoms in total. The summed E-state index contributed by atoms with van der Waals surface area (Å²) in [6, 6.07) is 7.26. The van der Waals surface area contributed by atoms with E-state index in [2.05, 4.69) is 30.7 Å². The van der Waals surface area contributed by atoms with Crippen LogP contribution in [-0.4, -0.2) is 79.2 Å². The van der Waals surface area contributed by atoms with E-state index in [1.165, 1.54) is 0 Å². The summed E-state index contributed by atoms with van der Waals surface area (Å²) < 4.78 is 15.8. The van der Waals surface area contributed by atoms with Crippen LogP contribution in [0.5, 0.6) is 0 Å². The molecule has 0 fully saturated rings. The van der Waals surface area contributed by atoms with Gasteiger partial charge in [-0.05, 0) is 12.5 Å². The molecule has 1 heterocycles. The third kappa shape index (κ3) is 10.8. The molecule has 0 saturated heterocycles. The van der Waals surface area contributed by atoms with Crippen molar-refractivity contribution in [1.82, 2.24) is 25.9 Å². The van der Waals surface area contributed by atoms with Crippen LogP contribution in [0.3, 0.4) is 0 Å². The lowest BCUT2D eigenvalue weighted by atomic mass is 10.1. The normalized spacial score (nSPS) is 10.9. The molecule has 0 aliphatic carbocycles. The van der Waals surface area contributed by atoms with Crippen LogP contribution in [-0.2, 0) is 35.1 Å². The molecule has 0 bridgehead atoms. The van der Waals surface area contributed by atoms with Gasteiger partial charge in [-0.25, -0.2) is 11.4 Å². The average molecular weight is 436 g/mol. The molecular weight excluding hydrogens is 408 g/mol. The Balaban J connectivity index is 1.48. The maximum absolute atomic E-state index is 11.9. The highest BCUT2D eigenvalue weighted by atomic mass is 16.7. The van der Waals surface area contributed by atoms with Crippen LogP contribution in [0.4, 0.5) is 0 Å². The number of benzene rings is 1. The molecule has 1 aromatic heterocycles. The van der Waals surface area contributed by atoms with Crippen LogP contribution in [0.1, 0.15) is 11.4 Å². The summed E-state index contributed by atoms with van der Waals surface area (Å²) in [4.78, 5) is 21.4. The number of nitrogens with one attached hydrogen (secondary N) is 1. The average Bonchev–Trinajstić information content (AvgIpc) is 2.78. The number of nitrogens with two attached hydrogens (primary N) is 1. The second-order valence-electron chi connectivity index (χ2n) is 6.23. The zero-order valence-electron chi connectivity index (χ0n) is 17.5. The number of aromatic nitrogens is 4. The molecule has 3 N–H and O–H groups in total. The van der Waals surface area contributed by atoms with Gasteiger partial charge in [-0.15, -0.1) is 20.4 Å². The van der Waals surface area contributed by atoms with Crippen LogP contribution in [0, 0.1) is 6.92 Å². The molecule has 0 radical (unpaired) electrons. The number of nitrogens with zero attached hydrogens (tertiary/aromatic N) is 4. The molecule has 1 amide bonds. The fourth-order valence-electron chi connectivity index (χ4n) is 2.27. The number of aryl methyl sites for hydroxylation is 1. The molecule has 0 aliphatic rings. The van der Waals surface area contributed by atoms with Gasteiger partial charge in [0, 0.05) is 5.56 Å². The van der Waals surface area contributed by atoms with E-state index in [-0.39, 0.29) is 18.9 Å². The first-order chi connectivity index (χ1) is 15.2. The Kier molecular flexibility index (Phi) is 12.1. The summed E-state index contributed by atoms with van der Waals surface area (Å²) in [7, 11) is 0. The molecule has 12 heteroatoms. The van der Waals surface area contributed by atoms with Gasteiger partial charge in [0.2, 0.25) is 11.7 Å². The minimum Gasteiger partial charge on any atom is -0.377 e. The summed E-state index contributed by atoms with van der Waals surface area (Å²) in [5, 5.41) is 15.7. The van der Waals surface area contributed by atoms with Gasteiger partial charge in [0.05, 0.1) is 59.3 Å². The van der Waals surface area contributed by atoms with E-state index < -0.39 is 0 Å². The number of amides is 1. The Bertz CT molecular complexity index is 747. The highest BCUT2D eigenvalue weighted by Crippen LogP contribution is 2.14. The summed E-state index contributed by atoms with van der Waals surface area (Å²) in [5.41, 5.74) is 3.99. The number of carbonyl (C=O) groups is 1. The van der Waals surface area contributed by atoms with Crippen molar-refractivity contribution in [3.63, 3.8) is 0 Å². The van der Waals surface area contributed by atoms with Crippen molar-refractivity contribution in [3.8, 4) is 11.4 Å². The molecule has 0 spiro atoms. The fourth-order valence-corrected chi connectivity index (χ4v) is 2.27. The van der Waals surface area contributed by atoms with E-state index in [1.54, 1.807) is 6.92 Å². The summed E-state index contributed by atoms with van der Waals surface area (Å²) in [5.74, 6) is 5.55. The molecule has 0 saturated carbocycles. The Morgan fingerprint density at radius 3 is 1.97 bits per heavy atom. The molecule has 0 aliphatic heterocycles. The molecule has 2 rings (SSSR count). The van der Waals surface area contributed by atoms with E-state index in [4.69, 9.17) is 24.9 Å². The topological polar surface area (TPSA) is 153 Å². The van der Waals surface area contributed by atoms with E-state index in [1.807, 2.05) is 24.3 Å². The van der Waals surface area contributed by atoms with Crippen LogP contribution in [0.2, 0.25) is 0 Å². The van der Waals surface area contributed by atoms with Crippen molar-refractivity contribution in [2.75, 3.05) is 52.9 Å². The molecular formula is C19H28N6O6. The summed E-state index contributed by atoms with van der Waals surface area (Å²) >= 11 is 0. The van der Waals surface area contributed by atoms with Crippen molar-refractivity contribution >= 4 is 5.91 Å². The smallest absolute Gasteiger partial charge is 0.247 e. The van der Waals surface area contributed by atoms with Gasteiger partial charge in [-0.3, -0.25) is 9.63 Å². The van der Waals surface area contributed by atoms with Crippen molar-refractivity contribution in [3.05, 3.63) is 35.7 Å². The van der Waals surface area contributed by atoms with Gasteiger partial charge in [0.25, 0.3) is 0 Å². The lowest BCUT2D eigenvalue weighted by Gasteiger charge is -2.08. The zero-order chi connectivity index (χ0) is 22.2. The second kappa shape index (κ2) is 15.2. The number of hydroxylamine groups is 1. The van der Waals surface area contributed by atoms with Gasteiger partial charge < -0.3 is 19.0 Å². The predicted molar refractivity (Wildman–Crippen MR) is 108 cm³/mol. The van der Waals surface area contributed by atoms with Crippen LogP contribution in [0.25, 0.3) is 11.4 Å². The highest BCUT2D eigenvalue weighted by Gasteiger charge is 2.06. The van der Waals surface area contributed by atoms with Gasteiger partial charge in [-0.2, -0.15) is 0 Å². The number of rotatable bonds is 16. The molecule has 0 atom stereocenters. The first kappa shape index (κ1) is 24.7. The number of hydrogen-bond donors (Lipinski definition) is 2. The van der Waals surface area contributed by atoms with Crippen LogP contribution >= 0.6 is 0 Å². The third-order valence-corrected chi connectivity index (χ3v) is 3.76. The minimum atomic E-state index is -0.258. The largest absolute Gasteiger partial charge is 0.377 e. The van der Waals surface area contributed by atoms with E-state index in [9.17, 15) is 4.79 Å². The molecule has 31 heavy (non-hydrogen) atoms. The van der Waals surface area contributed by atoms with Gasteiger partial charge in [0.1, 0.15) is 0 Å². The highest BCUT2D eigenvalue weighted by molar-refractivity contribution is 5.77. The maximum atomic E-state index is 11.9. The van der Waals surface area contributed by atoms with Crippen molar-refractivity contribution in [1.29, 1.82) is 0 Å². The van der Waals surface area contributed by atoms with Crippen LogP contribution in [0.15, 0.2) is 24.3 Å². The Morgan fingerprint density at radius 1 is 0.839 bits per heavy atom. The fraction of sp³-hybridized carbons (Fsp3) is 0.526. The van der Waals surface area contributed by atoms with Crippen molar-refractivity contribution in [2.45, 2.75) is 13.3 Å². The summed E-state index contributed by atoms with van der Waals surface area (Å²) in [6.07, 6.45) is 0.180. The van der Waals surface area contributed by atoms with Crippen molar-refractivity contribution < 1.29 is 28.7 Å². The van der Waals surface area contributed by atoms with Gasteiger partial charge >= 0.3 is 0 Å². The Morgan fingerprint density at radius 2 is 1.39 bits per heavy atom. The Hall–Kier alpha value is -2.61. The number of carbonyl (C=O) groups excluding carboxylic acids is 1. The lowest BCUT2D eigenvalue weighted by molar-refractivity contribution is -0.134. The first-order valence-corrected chi connectivity index (χ1v) is 9.78. The molecule has 0 unspecified atom stereocenters. The third-order valence-electron chi connectivity index (χ3n) is 3.76. The second-order valence-corrected chi connectivity index (χ2v) is 6.23.